The van der Waals surface area contributed by atoms with E-state index in [0.29, 0.717) is 22.8 Å². The summed E-state index contributed by atoms with van der Waals surface area (Å²) in [6.45, 7) is 0.240. The Morgan fingerprint density at radius 1 is 1.10 bits per heavy atom. The van der Waals surface area contributed by atoms with Crippen LogP contribution in [0.4, 0.5) is 13.2 Å². The molecule has 4 rings (SSSR count). The number of nitrogens with zero attached hydrogens (tertiary/aromatic N) is 2. The second kappa shape index (κ2) is 8.17. The third-order valence-corrected chi connectivity index (χ3v) is 4.71. The fourth-order valence-electron chi connectivity index (χ4n) is 3.11. The van der Waals surface area contributed by atoms with Crippen molar-refractivity contribution in [3.05, 3.63) is 72.1 Å². The minimum Gasteiger partial charge on any atom is -0.487 e. The van der Waals surface area contributed by atoms with Crippen LogP contribution in [0.2, 0.25) is 0 Å². The van der Waals surface area contributed by atoms with Crippen LogP contribution in [0, 0.1) is 0 Å². The van der Waals surface area contributed by atoms with Gasteiger partial charge in [0.15, 0.2) is 5.76 Å². The number of benzene rings is 2. The number of rotatable bonds is 6. The molecule has 2 heterocycles. The van der Waals surface area contributed by atoms with Crippen molar-refractivity contribution in [2.45, 2.75) is 19.3 Å². The highest BCUT2D eigenvalue weighted by molar-refractivity contribution is 5.83. The predicted octanol–water partition coefficient (Wildman–Crippen LogP) is 5.07. The summed E-state index contributed by atoms with van der Waals surface area (Å²) in [5.74, 6) is 0.609. The number of carbonyl (C=O) groups is 1. The first kappa shape index (κ1) is 20.5. The fraction of sp³-hybridized carbons (Fsp3) is 0.182. The summed E-state index contributed by atoms with van der Waals surface area (Å²) in [5.41, 5.74) is 1.12. The second-order valence-electron chi connectivity index (χ2n) is 6.79. The average molecular weight is 430 g/mol. The SMILES string of the molecule is COC(=O)Cn1ccc2cc(OCc3cc(-c4ccc(C(F)(F)F)cc4)on3)ccc21. The van der Waals surface area contributed by atoms with E-state index in [1.54, 1.807) is 22.9 Å². The van der Waals surface area contributed by atoms with Crippen LogP contribution in [-0.4, -0.2) is 22.8 Å². The molecule has 9 heteroatoms. The number of methoxy groups -OCH3 is 1. The molecule has 0 saturated heterocycles. The number of esters is 1. The zero-order chi connectivity index (χ0) is 22.0. The molecule has 0 aliphatic heterocycles. The normalized spacial score (nSPS) is 11.6. The Bertz CT molecular complexity index is 1210. The van der Waals surface area contributed by atoms with E-state index in [0.717, 1.165) is 23.0 Å². The molecule has 2 aromatic heterocycles. The van der Waals surface area contributed by atoms with Gasteiger partial charge in [-0.05, 0) is 36.4 Å². The zero-order valence-electron chi connectivity index (χ0n) is 16.3. The van der Waals surface area contributed by atoms with Crippen molar-refractivity contribution < 1.29 is 32.0 Å². The fourth-order valence-corrected chi connectivity index (χ4v) is 3.11. The molecule has 0 saturated carbocycles. The summed E-state index contributed by atoms with van der Waals surface area (Å²) in [5, 5.41) is 4.80. The number of halogens is 3. The van der Waals surface area contributed by atoms with Crippen molar-refractivity contribution in [2.75, 3.05) is 7.11 Å². The predicted molar refractivity (Wildman–Crippen MR) is 105 cm³/mol. The van der Waals surface area contributed by atoms with Gasteiger partial charge in [0.25, 0.3) is 0 Å². The number of ether oxygens (including phenoxy) is 2. The molecule has 0 N–H and O–H groups in total. The Morgan fingerprint density at radius 2 is 1.87 bits per heavy atom. The molecule has 160 valence electrons. The van der Waals surface area contributed by atoms with Gasteiger partial charge in [-0.2, -0.15) is 13.2 Å². The molecular formula is C22H17F3N2O4. The van der Waals surface area contributed by atoms with Gasteiger partial charge in [0, 0.05) is 28.7 Å². The lowest BCUT2D eigenvalue weighted by Crippen LogP contribution is -2.10. The van der Waals surface area contributed by atoms with Crippen molar-refractivity contribution in [2.24, 2.45) is 0 Å². The Hall–Kier alpha value is -3.75. The Kier molecular flexibility index (Phi) is 5.41. The van der Waals surface area contributed by atoms with E-state index in [2.05, 4.69) is 9.89 Å². The molecule has 0 aliphatic carbocycles. The first-order valence-electron chi connectivity index (χ1n) is 9.25. The van der Waals surface area contributed by atoms with E-state index in [1.807, 2.05) is 18.2 Å². The summed E-state index contributed by atoms with van der Waals surface area (Å²) < 4.78 is 55.5. The highest BCUT2D eigenvalue weighted by Gasteiger charge is 2.30. The standard InChI is InChI=1S/C22H17F3N2O4/c1-29-21(28)12-27-9-8-15-10-18(6-7-19(15)27)30-13-17-11-20(31-26-17)14-2-4-16(5-3-14)22(23,24)25/h2-11H,12-13H2,1H3. The van der Waals surface area contributed by atoms with E-state index >= 15 is 0 Å². The smallest absolute Gasteiger partial charge is 0.416 e. The van der Waals surface area contributed by atoms with Gasteiger partial charge in [0.1, 0.15) is 24.6 Å². The summed E-state index contributed by atoms with van der Waals surface area (Å²) in [7, 11) is 1.34. The van der Waals surface area contributed by atoms with Crippen LogP contribution in [0.5, 0.6) is 5.75 Å². The van der Waals surface area contributed by atoms with Crippen LogP contribution < -0.4 is 4.74 Å². The average Bonchev–Trinajstić information content (AvgIpc) is 3.39. The molecule has 0 spiro atoms. The number of hydrogen-bond donors (Lipinski definition) is 0. The van der Waals surface area contributed by atoms with Crippen molar-refractivity contribution in [3.8, 4) is 17.1 Å². The van der Waals surface area contributed by atoms with Crippen LogP contribution in [0.3, 0.4) is 0 Å². The highest BCUT2D eigenvalue weighted by Crippen LogP contribution is 2.31. The molecule has 6 nitrogen and oxygen atoms in total. The Morgan fingerprint density at radius 3 is 2.58 bits per heavy atom. The van der Waals surface area contributed by atoms with Gasteiger partial charge >= 0.3 is 12.1 Å². The van der Waals surface area contributed by atoms with Crippen LogP contribution >= 0.6 is 0 Å². The molecule has 0 atom stereocenters. The lowest BCUT2D eigenvalue weighted by Gasteiger charge is -2.06. The van der Waals surface area contributed by atoms with Gasteiger partial charge in [0.2, 0.25) is 0 Å². The number of aromatic nitrogens is 2. The molecular weight excluding hydrogens is 413 g/mol. The van der Waals surface area contributed by atoms with Crippen molar-refractivity contribution in [3.63, 3.8) is 0 Å². The monoisotopic (exact) mass is 430 g/mol. The maximum absolute atomic E-state index is 12.7. The molecule has 31 heavy (non-hydrogen) atoms. The lowest BCUT2D eigenvalue weighted by atomic mass is 10.1. The quantitative estimate of drug-likeness (QED) is 0.400. The van der Waals surface area contributed by atoms with E-state index in [-0.39, 0.29) is 19.1 Å². The minimum absolute atomic E-state index is 0.117. The maximum Gasteiger partial charge on any atom is 0.416 e. The van der Waals surface area contributed by atoms with Crippen molar-refractivity contribution >= 4 is 16.9 Å². The van der Waals surface area contributed by atoms with E-state index < -0.39 is 11.7 Å². The van der Waals surface area contributed by atoms with E-state index in [4.69, 9.17) is 9.26 Å². The first-order chi connectivity index (χ1) is 14.8. The summed E-state index contributed by atoms with van der Waals surface area (Å²) >= 11 is 0. The molecule has 0 bridgehead atoms. The number of hydrogen-bond acceptors (Lipinski definition) is 5. The van der Waals surface area contributed by atoms with Crippen molar-refractivity contribution in [1.82, 2.24) is 9.72 Å². The summed E-state index contributed by atoms with van der Waals surface area (Å²) in [6.07, 6.45) is -2.60. The number of carbonyl (C=O) groups excluding carboxylic acids is 1. The van der Waals surface area contributed by atoms with Crippen LogP contribution in [-0.2, 0) is 28.9 Å². The van der Waals surface area contributed by atoms with Crippen LogP contribution in [0.25, 0.3) is 22.2 Å². The molecule has 0 radical (unpaired) electrons. The number of alkyl halides is 3. The number of fused-ring (bicyclic) bond motifs is 1. The van der Waals surface area contributed by atoms with Crippen LogP contribution in [0.1, 0.15) is 11.3 Å². The topological polar surface area (TPSA) is 66.5 Å². The maximum atomic E-state index is 12.7. The van der Waals surface area contributed by atoms with Crippen molar-refractivity contribution in [1.29, 1.82) is 0 Å². The summed E-state index contributed by atoms with van der Waals surface area (Å²) in [6, 6.07) is 13.6. The minimum atomic E-state index is -4.39. The first-order valence-corrected chi connectivity index (χ1v) is 9.25. The van der Waals surface area contributed by atoms with Gasteiger partial charge in [-0.3, -0.25) is 4.79 Å². The largest absolute Gasteiger partial charge is 0.487 e. The van der Waals surface area contributed by atoms with Gasteiger partial charge in [-0.25, -0.2) is 0 Å². The highest BCUT2D eigenvalue weighted by atomic mass is 19.4. The Balaban J connectivity index is 1.42. The molecule has 2 aromatic carbocycles. The lowest BCUT2D eigenvalue weighted by molar-refractivity contribution is -0.141. The van der Waals surface area contributed by atoms with E-state index in [1.165, 1.54) is 19.2 Å². The van der Waals surface area contributed by atoms with Gasteiger partial charge in [-0.1, -0.05) is 17.3 Å². The molecule has 0 aliphatic rings. The Labute approximate surface area is 174 Å². The van der Waals surface area contributed by atoms with Crippen LogP contribution in [0.15, 0.2) is 65.3 Å². The summed E-state index contributed by atoms with van der Waals surface area (Å²) in [4.78, 5) is 11.5. The molecule has 0 fully saturated rings. The zero-order valence-corrected chi connectivity index (χ0v) is 16.3. The van der Waals surface area contributed by atoms with Gasteiger partial charge in [0.05, 0.1) is 12.7 Å². The third-order valence-electron chi connectivity index (χ3n) is 4.71. The second-order valence-corrected chi connectivity index (χ2v) is 6.79. The molecule has 0 unspecified atom stereocenters. The molecule has 0 amide bonds. The van der Waals surface area contributed by atoms with E-state index in [9.17, 15) is 18.0 Å². The third kappa shape index (κ3) is 4.55. The molecule has 4 aromatic rings. The van der Waals surface area contributed by atoms with Gasteiger partial charge in [-0.15, -0.1) is 0 Å². The van der Waals surface area contributed by atoms with Gasteiger partial charge < -0.3 is 18.6 Å².